The zero-order valence-corrected chi connectivity index (χ0v) is 13.4. The standard InChI is InChI=1S/C16H19NO5S/c18-15(11-1-3-12(4-2-11)16(19)20)17-13-6-5-10-7-8-23(21,22)14(10)9-13/h5-6,9,11-12H,1-4,7-8H2,(H,17,18)(H,19,20). The van der Waals surface area contributed by atoms with Gasteiger partial charge in [-0.2, -0.15) is 0 Å². The van der Waals surface area contributed by atoms with Crippen molar-refractivity contribution < 1.29 is 23.1 Å². The molecule has 0 saturated heterocycles. The van der Waals surface area contributed by atoms with Gasteiger partial charge in [-0.1, -0.05) is 6.07 Å². The van der Waals surface area contributed by atoms with Crippen molar-refractivity contribution in [1.82, 2.24) is 0 Å². The number of aryl methyl sites for hydroxylation is 1. The van der Waals surface area contributed by atoms with Gasteiger partial charge in [0.05, 0.1) is 16.6 Å². The first-order valence-electron chi connectivity index (χ1n) is 7.76. The Morgan fingerprint density at radius 1 is 1.09 bits per heavy atom. The Labute approximate surface area is 134 Å². The van der Waals surface area contributed by atoms with E-state index < -0.39 is 15.8 Å². The lowest BCUT2D eigenvalue weighted by Gasteiger charge is -2.25. The van der Waals surface area contributed by atoms with E-state index in [1.54, 1.807) is 12.1 Å². The van der Waals surface area contributed by atoms with Crippen molar-refractivity contribution in [3.05, 3.63) is 23.8 Å². The lowest BCUT2D eigenvalue weighted by Crippen LogP contribution is -2.29. The molecule has 23 heavy (non-hydrogen) atoms. The summed E-state index contributed by atoms with van der Waals surface area (Å²) in [5, 5.41) is 11.8. The normalized spacial score (nSPS) is 25.6. The van der Waals surface area contributed by atoms with Crippen molar-refractivity contribution in [2.75, 3.05) is 11.1 Å². The van der Waals surface area contributed by atoms with Gasteiger partial charge in [0.15, 0.2) is 9.84 Å². The van der Waals surface area contributed by atoms with E-state index in [9.17, 15) is 18.0 Å². The average molecular weight is 337 g/mol. The van der Waals surface area contributed by atoms with Crippen LogP contribution in [0.1, 0.15) is 31.2 Å². The van der Waals surface area contributed by atoms with E-state index in [2.05, 4.69) is 5.32 Å². The van der Waals surface area contributed by atoms with Gasteiger partial charge >= 0.3 is 5.97 Å². The second-order valence-electron chi connectivity index (χ2n) is 6.27. The highest BCUT2D eigenvalue weighted by Crippen LogP contribution is 2.31. The Kier molecular flexibility index (Phi) is 4.14. The van der Waals surface area contributed by atoms with Crippen LogP contribution in [0.5, 0.6) is 0 Å². The molecule has 7 heteroatoms. The molecule has 0 radical (unpaired) electrons. The Morgan fingerprint density at radius 3 is 2.39 bits per heavy atom. The molecule has 1 fully saturated rings. The van der Waals surface area contributed by atoms with Crippen molar-refractivity contribution in [1.29, 1.82) is 0 Å². The number of benzene rings is 1. The maximum absolute atomic E-state index is 12.3. The zero-order chi connectivity index (χ0) is 16.6. The zero-order valence-electron chi connectivity index (χ0n) is 12.6. The van der Waals surface area contributed by atoms with Crippen molar-refractivity contribution in [3.63, 3.8) is 0 Å². The Morgan fingerprint density at radius 2 is 1.74 bits per heavy atom. The quantitative estimate of drug-likeness (QED) is 0.876. The van der Waals surface area contributed by atoms with Crippen LogP contribution >= 0.6 is 0 Å². The summed E-state index contributed by atoms with van der Waals surface area (Å²) in [7, 11) is -3.22. The largest absolute Gasteiger partial charge is 0.481 e. The summed E-state index contributed by atoms with van der Waals surface area (Å²) in [6.45, 7) is 0. The number of aliphatic carboxylic acids is 1. The predicted octanol–water partition coefficient (Wildman–Crippen LogP) is 1.85. The van der Waals surface area contributed by atoms with E-state index >= 15 is 0 Å². The summed E-state index contributed by atoms with van der Waals surface area (Å²) in [6, 6.07) is 5.00. The molecule has 0 bridgehead atoms. The minimum Gasteiger partial charge on any atom is -0.481 e. The molecule has 6 nitrogen and oxygen atoms in total. The number of anilines is 1. The van der Waals surface area contributed by atoms with Crippen LogP contribution in [-0.4, -0.2) is 31.2 Å². The first kappa shape index (κ1) is 16.0. The van der Waals surface area contributed by atoms with E-state index in [-0.39, 0.29) is 23.5 Å². The maximum Gasteiger partial charge on any atom is 0.306 e. The van der Waals surface area contributed by atoms with Crippen molar-refractivity contribution >= 4 is 27.4 Å². The van der Waals surface area contributed by atoms with E-state index in [1.165, 1.54) is 6.07 Å². The van der Waals surface area contributed by atoms with Crippen LogP contribution in [0.4, 0.5) is 5.69 Å². The average Bonchev–Trinajstić information content (AvgIpc) is 2.82. The third kappa shape index (κ3) is 3.24. The fraction of sp³-hybridized carbons (Fsp3) is 0.500. The number of sulfone groups is 1. The van der Waals surface area contributed by atoms with Crippen LogP contribution in [-0.2, 0) is 25.8 Å². The summed E-state index contributed by atoms with van der Waals surface area (Å²) >= 11 is 0. The van der Waals surface area contributed by atoms with Crippen molar-refractivity contribution in [2.24, 2.45) is 11.8 Å². The summed E-state index contributed by atoms with van der Waals surface area (Å²) in [6.07, 6.45) is 2.63. The maximum atomic E-state index is 12.3. The molecule has 1 aliphatic carbocycles. The van der Waals surface area contributed by atoms with Gasteiger partial charge in [0.25, 0.3) is 0 Å². The highest BCUT2D eigenvalue weighted by atomic mass is 32.2. The second-order valence-corrected chi connectivity index (χ2v) is 8.34. The van der Waals surface area contributed by atoms with Gasteiger partial charge in [-0.15, -0.1) is 0 Å². The van der Waals surface area contributed by atoms with Gasteiger partial charge in [0.1, 0.15) is 0 Å². The van der Waals surface area contributed by atoms with E-state index in [0.29, 0.717) is 42.7 Å². The molecule has 1 saturated carbocycles. The van der Waals surface area contributed by atoms with Crippen molar-refractivity contribution in [3.8, 4) is 0 Å². The number of hydrogen-bond donors (Lipinski definition) is 2. The van der Waals surface area contributed by atoms with Gasteiger partial charge < -0.3 is 10.4 Å². The molecule has 0 unspecified atom stereocenters. The number of carboxylic acid groups (broad SMARTS) is 1. The summed E-state index contributed by atoms with van der Waals surface area (Å²) < 4.78 is 23.8. The second kappa shape index (κ2) is 5.96. The van der Waals surface area contributed by atoms with Gasteiger partial charge in [-0.3, -0.25) is 9.59 Å². The smallest absolute Gasteiger partial charge is 0.306 e. The number of rotatable bonds is 3. The molecule has 1 aliphatic heterocycles. The molecule has 2 N–H and O–H groups in total. The summed E-state index contributed by atoms with van der Waals surface area (Å²) in [5.41, 5.74) is 1.28. The number of carboxylic acids is 1. The van der Waals surface area contributed by atoms with E-state index in [0.717, 1.165) is 5.56 Å². The monoisotopic (exact) mass is 337 g/mol. The molecule has 0 spiro atoms. The molecule has 124 valence electrons. The molecule has 3 rings (SSSR count). The summed E-state index contributed by atoms with van der Waals surface area (Å²) in [4.78, 5) is 23.5. The van der Waals surface area contributed by atoms with Crippen LogP contribution in [0.25, 0.3) is 0 Å². The Balaban J connectivity index is 1.67. The molecule has 1 heterocycles. The Bertz CT molecular complexity index is 748. The van der Waals surface area contributed by atoms with Crippen LogP contribution in [0.3, 0.4) is 0 Å². The minimum atomic E-state index is -3.22. The van der Waals surface area contributed by atoms with Gasteiger partial charge in [-0.25, -0.2) is 8.42 Å². The fourth-order valence-corrected chi connectivity index (χ4v) is 4.91. The van der Waals surface area contributed by atoms with E-state index in [1.807, 2.05) is 0 Å². The van der Waals surface area contributed by atoms with Crippen LogP contribution in [0.2, 0.25) is 0 Å². The van der Waals surface area contributed by atoms with Crippen LogP contribution in [0, 0.1) is 11.8 Å². The highest BCUT2D eigenvalue weighted by Gasteiger charge is 2.30. The Hall–Kier alpha value is -1.89. The molecule has 1 aromatic carbocycles. The molecular formula is C16H19NO5S. The predicted molar refractivity (Wildman–Crippen MR) is 83.9 cm³/mol. The fourth-order valence-electron chi connectivity index (χ4n) is 3.33. The number of carbonyl (C=O) groups is 2. The lowest BCUT2D eigenvalue weighted by molar-refractivity contribution is -0.143. The molecule has 1 amide bonds. The van der Waals surface area contributed by atoms with Crippen LogP contribution in [0.15, 0.2) is 23.1 Å². The van der Waals surface area contributed by atoms with Crippen molar-refractivity contribution in [2.45, 2.75) is 37.0 Å². The molecule has 0 aromatic heterocycles. The lowest BCUT2D eigenvalue weighted by atomic mass is 9.81. The molecule has 0 atom stereocenters. The third-order valence-corrected chi connectivity index (χ3v) is 6.55. The minimum absolute atomic E-state index is 0.124. The molecular weight excluding hydrogens is 318 g/mol. The number of amides is 1. The first-order chi connectivity index (χ1) is 10.9. The first-order valence-corrected chi connectivity index (χ1v) is 9.41. The van der Waals surface area contributed by atoms with Gasteiger partial charge in [0.2, 0.25) is 5.91 Å². The highest BCUT2D eigenvalue weighted by molar-refractivity contribution is 7.91. The molecule has 1 aromatic rings. The molecule has 2 aliphatic rings. The topological polar surface area (TPSA) is 101 Å². The number of hydrogen-bond acceptors (Lipinski definition) is 4. The SMILES string of the molecule is O=C(O)C1CCC(C(=O)Nc2ccc3c(c2)S(=O)(=O)CC3)CC1. The van der Waals surface area contributed by atoms with Crippen LogP contribution < -0.4 is 5.32 Å². The number of nitrogens with one attached hydrogen (secondary N) is 1. The number of fused-ring (bicyclic) bond motifs is 1. The van der Waals surface area contributed by atoms with Gasteiger partial charge in [0, 0.05) is 11.6 Å². The third-order valence-electron chi connectivity index (χ3n) is 4.76. The number of carbonyl (C=O) groups excluding carboxylic acids is 1. The summed E-state index contributed by atoms with van der Waals surface area (Å²) in [5.74, 6) is -1.41. The van der Waals surface area contributed by atoms with Gasteiger partial charge in [-0.05, 0) is 49.8 Å². The van der Waals surface area contributed by atoms with E-state index in [4.69, 9.17) is 5.11 Å².